The number of carbonyl (C=O) groups excluding carboxylic acids is 2. The van der Waals surface area contributed by atoms with Crippen LogP contribution in [0.1, 0.15) is 5.56 Å². The van der Waals surface area contributed by atoms with Gasteiger partial charge in [-0.3, -0.25) is 9.59 Å². The van der Waals surface area contributed by atoms with Gasteiger partial charge in [0, 0.05) is 19.6 Å². The molecule has 1 aromatic rings. The number of primary amides is 1. The summed E-state index contributed by atoms with van der Waals surface area (Å²) in [5.41, 5.74) is 5.67. The van der Waals surface area contributed by atoms with Gasteiger partial charge in [-0.15, -0.1) is 0 Å². The predicted octanol–water partition coefficient (Wildman–Crippen LogP) is -1.15. The van der Waals surface area contributed by atoms with Gasteiger partial charge in [-0.25, -0.2) is 8.42 Å². The van der Waals surface area contributed by atoms with E-state index in [0.29, 0.717) is 32.7 Å². The van der Waals surface area contributed by atoms with Crippen LogP contribution in [0, 0.1) is 0 Å². The number of hydrogen-bond acceptors (Lipinski definition) is 5. The minimum Gasteiger partial charge on any atom is -0.379 e. The molecule has 0 atom stereocenters. The van der Waals surface area contributed by atoms with Crippen LogP contribution in [0.3, 0.4) is 0 Å². The molecule has 8 nitrogen and oxygen atoms in total. The Balaban J connectivity index is 1.96. The first-order chi connectivity index (χ1) is 10.9. The van der Waals surface area contributed by atoms with Crippen molar-refractivity contribution in [2.45, 2.75) is 11.3 Å². The Morgan fingerprint density at radius 3 is 2.35 bits per heavy atom. The van der Waals surface area contributed by atoms with Gasteiger partial charge in [-0.05, 0) is 24.1 Å². The standard InChI is InChI=1S/C14H19N3O5S/c15-13(18)14(19)16-6-5-11-1-3-12(4-2-11)23(20,21)17-7-9-22-10-8-17/h1-4H,5-10H2,(H2,15,18)(H,16,19). The lowest BCUT2D eigenvalue weighted by Gasteiger charge is -2.26. The molecule has 0 unspecified atom stereocenters. The molecule has 1 heterocycles. The van der Waals surface area contributed by atoms with Gasteiger partial charge in [-0.1, -0.05) is 12.1 Å². The average molecular weight is 341 g/mol. The molecule has 0 spiro atoms. The van der Waals surface area contributed by atoms with Crippen molar-refractivity contribution in [2.75, 3.05) is 32.8 Å². The number of ether oxygens (including phenoxy) is 1. The molecule has 9 heteroatoms. The summed E-state index contributed by atoms with van der Waals surface area (Å²) >= 11 is 0. The Labute approximate surface area is 134 Å². The molecular formula is C14H19N3O5S. The third-order valence-corrected chi connectivity index (χ3v) is 5.37. The third-order valence-electron chi connectivity index (χ3n) is 3.45. The quantitative estimate of drug-likeness (QED) is 0.656. The molecule has 2 rings (SSSR count). The Morgan fingerprint density at radius 2 is 1.78 bits per heavy atom. The highest BCUT2D eigenvalue weighted by Gasteiger charge is 2.25. The van der Waals surface area contributed by atoms with E-state index in [1.54, 1.807) is 12.1 Å². The van der Waals surface area contributed by atoms with Crippen molar-refractivity contribution in [1.29, 1.82) is 0 Å². The first kappa shape index (κ1) is 17.4. The predicted molar refractivity (Wildman–Crippen MR) is 81.9 cm³/mol. The normalized spacial score (nSPS) is 16.0. The number of rotatable bonds is 5. The van der Waals surface area contributed by atoms with Crippen molar-refractivity contribution in [1.82, 2.24) is 9.62 Å². The lowest BCUT2D eigenvalue weighted by atomic mass is 10.1. The van der Waals surface area contributed by atoms with Gasteiger partial charge < -0.3 is 15.8 Å². The van der Waals surface area contributed by atoms with Crippen molar-refractivity contribution in [3.8, 4) is 0 Å². The molecular weight excluding hydrogens is 322 g/mol. The summed E-state index contributed by atoms with van der Waals surface area (Å²) in [6, 6.07) is 6.44. The summed E-state index contributed by atoms with van der Waals surface area (Å²) in [4.78, 5) is 21.8. The highest BCUT2D eigenvalue weighted by molar-refractivity contribution is 7.89. The van der Waals surface area contributed by atoms with Gasteiger partial charge in [-0.2, -0.15) is 4.31 Å². The van der Waals surface area contributed by atoms with E-state index in [9.17, 15) is 18.0 Å². The SMILES string of the molecule is NC(=O)C(=O)NCCc1ccc(S(=O)(=O)N2CCOCC2)cc1. The third kappa shape index (κ3) is 4.50. The molecule has 1 aliphatic heterocycles. The molecule has 0 aliphatic carbocycles. The fourth-order valence-electron chi connectivity index (χ4n) is 2.17. The topological polar surface area (TPSA) is 119 Å². The minimum atomic E-state index is -3.50. The molecule has 0 aromatic heterocycles. The van der Waals surface area contributed by atoms with Gasteiger partial charge in [0.1, 0.15) is 0 Å². The Hall–Kier alpha value is -1.97. The highest BCUT2D eigenvalue weighted by Crippen LogP contribution is 2.17. The first-order valence-electron chi connectivity index (χ1n) is 7.16. The minimum absolute atomic E-state index is 0.226. The Bertz CT molecular complexity index is 666. The van der Waals surface area contributed by atoms with E-state index < -0.39 is 21.8 Å². The van der Waals surface area contributed by atoms with Gasteiger partial charge >= 0.3 is 11.8 Å². The van der Waals surface area contributed by atoms with Crippen molar-refractivity contribution in [3.63, 3.8) is 0 Å². The molecule has 1 aromatic carbocycles. The number of carbonyl (C=O) groups is 2. The van der Waals surface area contributed by atoms with E-state index in [1.165, 1.54) is 16.4 Å². The molecule has 0 bridgehead atoms. The fraction of sp³-hybridized carbons (Fsp3) is 0.429. The molecule has 23 heavy (non-hydrogen) atoms. The van der Waals surface area contributed by atoms with Gasteiger partial charge in [0.15, 0.2) is 0 Å². The smallest absolute Gasteiger partial charge is 0.309 e. The van der Waals surface area contributed by atoms with Crippen LogP contribution in [0.25, 0.3) is 0 Å². The molecule has 3 N–H and O–H groups in total. The van der Waals surface area contributed by atoms with Crippen LogP contribution in [0.4, 0.5) is 0 Å². The fourth-order valence-corrected chi connectivity index (χ4v) is 3.58. The summed E-state index contributed by atoms with van der Waals surface area (Å²) in [7, 11) is -3.50. The molecule has 1 fully saturated rings. The van der Waals surface area contributed by atoms with Crippen molar-refractivity contribution in [3.05, 3.63) is 29.8 Å². The van der Waals surface area contributed by atoms with Gasteiger partial charge in [0.05, 0.1) is 18.1 Å². The van der Waals surface area contributed by atoms with Gasteiger partial charge in [0.25, 0.3) is 0 Å². The molecule has 2 amide bonds. The second kappa shape index (κ2) is 7.53. The Kier molecular flexibility index (Phi) is 5.69. The first-order valence-corrected chi connectivity index (χ1v) is 8.60. The number of nitrogens with zero attached hydrogens (tertiary/aromatic N) is 1. The van der Waals surface area contributed by atoms with E-state index in [4.69, 9.17) is 10.5 Å². The molecule has 126 valence electrons. The van der Waals surface area contributed by atoms with Crippen molar-refractivity contribution >= 4 is 21.8 Å². The monoisotopic (exact) mass is 341 g/mol. The number of sulfonamides is 1. The van der Waals surface area contributed by atoms with Crippen LogP contribution < -0.4 is 11.1 Å². The number of benzene rings is 1. The van der Waals surface area contributed by atoms with E-state index in [-0.39, 0.29) is 11.4 Å². The number of nitrogens with one attached hydrogen (secondary N) is 1. The van der Waals surface area contributed by atoms with Crippen LogP contribution in [0.2, 0.25) is 0 Å². The molecule has 1 aliphatic rings. The van der Waals surface area contributed by atoms with Crippen LogP contribution in [-0.2, 0) is 30.8 Å². The number of amides is 2. The average Bonchev–Trinajstić information content (AvgIpc) is 2.56. The number of nitrogens with two attached hydrogens (primary N) is 1. The van der Waals surface area contributed by atoms with Crippen LogP contribution in [0.15, 0.2) is 29.2 Å². The van der Waals surface area contributed by atoms with E-state index in [1.807, 2.05) is 0 Å². The zero-order chi connectivity index (χ0) is 16.9. The molecule has 1 saturated heterocycles. The van der Waals surface area contributed by atoms with E-state index >= 15 is 0 Å². The van der Waals surface area contributed by atoms with E-state index in [0.717, 1.165) is 5.56 Å². The van der Waals surface area contributed by atoms with Gasteiger partial charge in [0.2, 0.25) is 10.0 Å². The summed E-state index contributed by atoms with van der Waals surface area (Å²) in [5.74, 6) is -1.87. The lowest BCUT2D eigenvalue weighted by molar-refractivity contribution is -0.137. The summed E-state index contributed by atoms with van der Waals surface area (Å²) in [6.45, 7) is 1.75. The van der Waals surface area contributed by atoms with Crippen molar-refractivity contribution in [2.24, 2.45) is 5.73 Å². The van der Waals surface area contributed by atoms with E-state index in [2.05, 4.69) is 5.32 Å². The zero-order valence-corrected chi connectivity index (χ0v) is 13.3. The molecule has 0 radical (unpaired) electrons. The maximum Gasteiger partial charge on any atom is 0.309 e. The zero-order valence-electron chi connectivity index (χ0n) is 12.5. The lowest BCUT2D eigenvalue weighted by Crippen LogP contribution is -2.40. The van der Waals surface area contributed by atoms with Crippen LogP contribution in [0.5, 0.6) is 0 Å². The molecule has 0 saturated carbocycles. The number of hydrogen-bond donors (Lipinski definition) is 2. The Morgan fingerprint density at radius 1 is 1.17 bits per heavy atom. The highest BCUT2D eigenvalue weighted by atomic mass is 32.2. The second-order valence-electron chi connectivity index (χ2n) is 5.03. The largest absolute Gasteiger partial charge is 0.379 e. The maximum absolute atomic E-state index is 12.4. The summed E-state index contributed by atoms with van der Waals surface area (Å²) in [5, 5.41) is 2.37. The summed E-state index contributed by atoms with van der Waals surface area (Å²) in [6.07, 6.45) is 0.469. The maximum atomic E-state index is 12.4. The number of morpholine rings is 1. The van der Waals surface area contributed by atoms with Crippen LogP contribution in [-0.4, -0.2) is 57.4 Å². The second-order valence-corrected chi connectivity index (χ2v) is 6.97. The van der Waals surface area contributed by atoms with Crippen molar-refractivity contribution < 1.29 is 22.7 Å². The summed E-state index contributed by atoms with van der Waals surface area (Å²) < 4.78 is 31.4. The van der Waals surface area contributed by atoms with Crippen LogP contribution >= 0.6 is 0 Å².